The van der Waals surface area contributed by atoms with Gasteiger partial charge in [-0.3, -0.25) is 4.79 Å². The van der Waals surface area contributed by atoms with Gasteiger partial charge in [-0.25, -0.2) is 4.39 Å². The molecule has 1 saturated heterocycles. The third kappa shape index (κ3) is 3.29. The van der Waals surface area contributed by atoms with Crippen LogP contribution in [-0.2, 0) is 0 Å². The lowest BCUT2D eigenvalue weighted by Crippen LogP contribution is -2.43. The van der Waals surface area contributed by atoms with Crippen LogP contribution in [0.25, 0.3) is 0 Å². The highest BCUT2D eigenvalue weighted by atomic mass is 79.9. The van der Waals surface area contributed by atoms with Gasteiger partial charge in [0.2, 0.25) is 0 Å². The Morgan fingerprint density at radius 2 is 2.11 bits per heavy atom. The summed E-state index contributed by atoms with van der Waals surface area (Å²) in [5.74, 6) is -0.815. The van der Waals surface area contributed by atoms with Gasteiger partial charge in [0.1, 0.15) is 5.82 Å². The normalized spacial score (nSPS) is 17.7. The van der Waals surface area contributed by atoms with Gasteiger partial charge in [0.25, 0.3) is 5.91 Å². The number of rotatable bonds is 2. The molecule has 0 spiro atoms. The molecule has 98 valence electrons. The molecular formula is C13H16BrFN2O. The number of likely N-dealkylation sites (tertiary alicyclic amines) is 1. The van der Waals surface area contributed by atoms with Crippen LogP contribution in [0.1, 0.15) is 23.2 Å². The molecule has 1 aromatic carbocycles. The number of nitrogens with one attached hydrogen (secondary N) is 1. The van der Waals surface area contributed by atoms with Crippen LogP contribution in [0.15, 0.2) is 22.7 Å². The molecule has 1 aromatic rings. The van der Waals surface area contributed by atoms with E-state index in [-0.39, 0.29) is 17.5 Å². The number of carbonyl (C=O) groups is 1. The Morgan fingerprint density at radius 3 is 2.72 bits per heavy atom. The van der Waals surface area contributed by atoms with Gasteiger partial charge in [-0.15, -0.1) is 0 Å². The summed E-state index contributed by atoms with van der Waals surface area (Å²) in [6, 6.07) is 4.64. The minimum Gasteiger partial charge on any atom is -0.349 e. The van der Waals surface area contributed by atoms with Crippen molar-refractivity contribution in [2.75, 3.05) is 20.1 Å². The summed E-state index contributed by atoms with van der Waals surface area (Å²) >= 11 is 3.17. The number of halogens is 2. The standard InChI is InChI=1S/C13H16BrFN2O/c1-17-6-4-10(5-7-17)16-13(18)11-3-2-9(14)8-12(11)15/h2-3,8,10H,4-7H2,1H3,(H,16,18). The summed E-state index contributed by atoms with van der Waals surface area (Å²) in [6.07, 6.45) is 1.83. The van der Waals surface area contributed by atoms with Crippen LogP contribution >= 0.6 is 15.9 Å². The van der Waals surface area contributed by atoms with Gasteiger partial charge in [-0.1, -0.05) is 15.9 Å². The Labute approximate surface area is 114 Å². The van der Waals surface area contributed by atoms with E-state index < -0.39 is 5.82 Å². The maximum absolute atomic E-state index is 13.6. The van der Waals surface area contributed by atoms with Crippen molar-refractivity contribution >= 4 is 21.8 Å². The van der Waals surface area contributed by atoms with Gasteiger partial charge >= 0.3 is 0 Å². The highest BCUT2D eigenvalue weighted by Crippen LogP contribution is 2.16. The third-order valence-electron chi connectivity index (χ3n) is 3.23. The Morgan fingerprint density at radius 1 is 1.44 bits per heavy atom. The fraction of sp³-hybridized carbons (Fsp3) is 0.462. The molecule has 0 unspecified atom stereocenters. The molecule has 3 nitrogen and oxygen atoms in total. The van der Waals surface area contributed by atoms with E-state index in [1.807, 2.05) is 0 Å². The van der Waals surface area contributed by atoms with Crippen LogP contribution in [-0.4, -0.2) is 37.0 Å². The summed E-state index contributed by atoms with van der Waals surface area (Å²) in [5.41, 5.74) is 0.108. The average molecular weight is 315 g/mol. The second kappa shape index (κ2) is 5.80. The van der Waals surface area contributed by atoms with Crippen LogP contribution in [0.3, 0.4) is 0 Å². The van der Waals surface area contributed by atoms with Crippen molar-refractivity contribution in [1.82, 2.24) is 10.2 Å². The van der Waals surface area contributed by atoms with Gasteiger partial charge in [0.15, 0.2) is 0 Å². The van der Waals surface area contributed by atoms with Gasteiger partial charge in [0.05, 0.1) is 5.56 Å². The Hall–Kier alpha value is -0.940. The smallest absolute Gasteiger partial charge is 0.254 e. The number of piperidine rings is 1. The first-order valence-corrected chi connectivity index (χ1v) is 6.80. The van der Waals surface area contributed by atoms with Gasteiger partial charge in [-0.05, 0) is 51.2 Å². The first-order chi connectivity index (χ1) is 8.56. The zero-order chi connectivity index (χ0) is 13.1. The predicted molar refractivity (Wildman–Crippen MR) is 72.1 cm³/mol. The highest BCUT2D eigenvalue weighted by Gasteiger charge is 2.20. The van der Waals surface area contributed by atoms with E-state index in [0.29, 0.717) is 4.47 Å². The van der Waals surface area contributed by atoms with Crippen molar-refractivity contribution in [2.45, 2.75) is 18.9 Å². The quantitative estimate of drug-likeness (QED) is 0.909. The molecule has 0 radical (unpaired) electrons. The topological polar surface area (TPSA) is 32.3 Å². The molecule has 2 rings (SSSR count). The molecule has 18 heavy (non-hydrogen) atoms. The van der Waals surface area contributed by atoms with Crippen molar-refractivity contribution in [1.29, 1.82) is 0 Å². The molecule has 0 saturated carbocycles. The average Bonchev–Trinajstić information content (AvgIpc) is 2.32. The molecular weight excluding hydrogens is 299 g/mol. The van der Waals surface area contributed by atoms with Crippen LogP contribution in [0.5, 0.6) is 0 Å². The number of nitrogens with zero attached hydrogens (tertiary/aromatic N) is 1. The molecule has 1 N–H and O–H groups in total. The number of carbonyl (C=O) groups excluding carboxylic acids is 1. The van der Waals surface area contributed by atoms with E-state index in [4.69, 9.17) is 0 Å². The van der Waals surface area contributed by atoms with E-state index in [1.54, 1.807) is 6.07 Å². The molecule has 1 aliphatic heterocycles. The van der Waals surface area contributed by atoms with Crippen LogP contribution in [0.2, 0.25) is 0 Å². The molecule has 1 aliphatic rings. The fourth-order valence-corrected chi connectivity index (χ4v) is 2.42. The molecule has 1 heterocycles. The Balaban J connectivity index is 1.99. The second-order valence-corrected chi connectivity index (χ2v) is 5.59. The SMILES string of the molecule is CN1CCC(NC(=O)c2ccc(Br)cc2F)CC1. The number of hydrogen-bond donors (Lipinski definition) is 1. The third-order valence-corrected chi connectivity index (χ3v) is 3.72. The first kappa shape index (κ1) is 13.5. The number of benzene rings is 1. The van der Waals surface area contributed by atoms with E-state index in [2.05, 4.69) is 33.2 Å². The molecule has 1 amide bonds. The van der Waals surface area contributed by atoms with Gasteiger partial charge in [-0.2, -0.15) is 0 Å². The van der Waals surface area contributed by atoms with E-state index in [1.165, 1.54) is 12.1 Å². The molecule has 0 atom stereocenters. The summed E-state index contributed by atoms with van der Waals surface area (Å²) in [6.45, 7) is 1.93. The van der Waals surface area contributed by atoms with Crippen LogP contribution in [0.4, 0.5) is 4.39 Å². The van der Waals surface area contributed by atoms with Crippen LogP contribution in [0, 0.1) is 5.82 Å². The zero-order valence-electron chi connectivity index (χ0n) is 10.2. The summed E-state index contributed by atoms with van der Waals surface area (Å²) in [4.78, 5) is 14.2. The largest absolute Gasteiger partial charge is 0.349 e. The molecule has 0 aromatic heterocycles. The lowest BCUT2D eigenvalue weighted by Gasteiger charge is -2.29. The minimum atomic E-state index is -0.491. The lowest BCUT2D eigenvalue weighted by atomic mass is 10.0. The predicted octanol–water partition coefficient (Wildman–Crippen LogP) is 2.41. The highest BCUT2D eigenvalue weighted by molar-refractivity contribution is 9.10. The monoisotopic (exact) mass is 314 g/mol. The minimum absolute atomic E-state index is 0.108. The van der Waals surface area contributed by atoms with Crippen LogP contribution < -0.4 is 5.32 Å². The van der Waals surface area contributed by atoms with Crippen molar-refractivity contribution in [2.24, 2.45) is 0 Å². The summed E-state index contributed by atoms with van der Waals surface area (Å²) in [5, 5.41) is 2.90. The molecule has 0 bridgehead atoms. The Kier molecular flexibility index (Phi) is 4.35. The fourth-order valence-electron chi connectivity index (χ4n) is 2.09. The van der Waals surface area contributed by atoms with Crippen molar-refractivity contribution in [3.63, 3.8) is 0 Å². The van der Waals surface area contributed by atoms with Gasteiger partial charge in [0, 0.05) is 10.5 Å². The maximum Gasteiger partial charge on any atom is 0.254 e. The van der Waals surface area contributed by atoms with E-state index >= 15 is 0 Å². The maximum atomic E-state index is 13.6. The number of hydrogen-bond acceptors (Lipinski definition) is 2. The lowest BCUT2D eigenvalue weighted by molar-refractivity contribution is 0.0913. The summed E-state index contributed by atoms with van der Waals surface area (Å²) < 4.78 is 14.3. The Bertz CT molecular complexity index is 445. The van der Waals surface area contributed by atoms with E-state index in [9.17, 15) is 9.18 Å². The first-order valence-electron chi connectivity index (χ1n) is 6.00. The summed E-state index contributed by atoms with van der Waals surface area (Å²) in [7, 11) is 2.06. The van der Waals surface area contributed by atoms with Crippen molar-refractivity contribution in [3.05, 3.63) is 34.1 Å². The molecule has 1 fully saturated rings. The van der Waals surface area contributed by atoms with E-state index in [0.717, 1.165) is 25.9 Å². The van der Waals surface area contributed by atoms with Gasteiger partial charge < -0.3 is 10.2 Å². The van der Waals surface area contributed by atoms with Crippen molar-refractivity contribution < 1.29 is 9.18 Å². The zero-order valence-corrected chi connectivity index (χ0v) is 11.8. The second-order valence-electron chi connectivity index (χ2n) is 4.68. The number of amides is 1. The molecule has 5 heteroatoms. The molecule has 0 aliphatic carbocycles. The van der Waals surface area contributed by atoms with Crippen molar-refractivity contribution in [3.8, 4) is 0 Å².